The molecule has 0 aromatic carbocycles. The normalized spacial score (nSPS) is 17.9. The average Bonchev–Trinajstić information content (AvgIpc) is 2.45. The molecule has 0 unspecified atom stereocenters. The van der Waals surface area contributed by atoms with E-state index in [-0.39, 0.29) is 11.3 Å². The Bertz CT molecular complexity index is 279. The average molecular weight is 246 g/mol. The monoisotopic (exact) mass is 246 g/mol. The highest BCUT2D eigenvalue weighted by Gasteiger charge is 2.34. The van der Waals surface area contributed by atoms with Crippen LogP contribution in [0.3, 0.4) is 0 Å². The number of hydrogen-bond acceptors (Lipinski definition) is 3. The van der Waals surface area contributed by atoms with Gasteiger partial charge in [0.05, 0.1) is 6.54 Å². The van der Waals surface area contributed by atoms with Gasteiger partial charge in [-0.15, -0.1) is 0 Å². The van der Waals surface area contributed by atoms with Gasteiger partial charge in [0, 0.05) is 13.1 Å². The van der Waals surface area contributed by atoms with Gasteiger partial charge in [0.2, 0.25) is 5.91 Å². The molecule has 0 atom stereocenters. The maximum Gasteiger partial charge on any atom is 0.248 e. The fraction of sp³-hybridized carbons (Fsp3) is 0.800. The third-order valence-electron chi connectivity index (χ3n) is 2.52. The number of carbonyl (C=O) groups is 1. The van der Waals surface area contributed by atoms with Crippen molar-refractivity contribution in [2.75, 3.05) is 25.4 Å². The Kier molecular flexibility index (Phi) is 4.00. The van der Waals surface area contributed by atoms with Crippen LogP contribution in [0.4, 0.5) is 0 Å². The number of nitrogens with zero attached hydrogens (tertiary/aromatic N) is 2. The summed E-state index contributed by atoms with van der Waals surface area (Å²) in [4.78, 5) is 15.3. The van der Waals surface area contributed by atoms with Gasteiger partial charge in [-0.05, 0) is 30.3 Å². The van der Waals surface area contributed by atoms with Gasteiger partial charge < -0.3 is 4.90 Å². The van der Waals surface area contributed by atoms with Crippen molar-refractivity contribution in [3.05, 3.63) is 0 Å². The van der Waals surface area contributed by atoms with E-state index in [0.717, 1.165) is 12.3 Å². The second-order valence-corrected chi connectivity index (χ2v) is 5.28. The van der Waals surface area contributed by atoms with Crippen LogP contribution in [0.2, 0.25) is 0 Å². The first kappa shape index (κ1) is 12.8. The summed E-state index contributed by atoms with van der Waals surface area (Å²) in [5, 5.41) is 0.664. The molecule has 86 valence electrons. The van der Waals surface area contributed by atoms with Crippen molar-refractivity contribution < 1.29 is 4.79 Å². The zero-order chi connectivity index (χ0) is 11.6. The summed E-state index contributed by atoms with van der Waals surface area (Å²) >= 11 is 9.54. The Morgan fingerprint density at radius 3 is 2.53 bits per heavy atom. The van der Waals surface area contributed by atoms with Gasteiger partial charge >= 0.3 is 0 Å². The molecule has 0 aliphatic carbocycles. The van der Waals surface area contributed by atoms with Crippen molar-refractivity contribution in [1.82, 2.24) is 9.80 Å². The summed E-state index contributed by atoms with van der Waals surface area (Å²) in [6.07, 6.45) is 0. The summed E-state index contributed by atoms with van der Waals surface area (Å²) < 4.78 is 0. The molecular formula is C10H18N2OS2. The Hall–Kier alpha value is -0.290. The lowest BCUT2D eigenvalue weighted by atomic mass is 9.96. The molecule has 0 spiro atoms. The van der Waals surface area contributed by atoms with E-state index in [0.29, 0.717) is 18.2 Å². The predicted octanol–water partition coefficient (Wildman–Crippen LogP) is 1.39. The predicted molar refractivity (Wildman–Crippen MR) is 69.2 cm³/mol. The molecule has 0 aromatic rings. The fourth-order valence-corrected chi connectivity index (χ4v) is 1.93. The summed E-state index contributed by atoms with van der Waals surface area (Å²) in [7, 11) is 0. The topological polar surface area (TPSA) is 23.6 Å². The molecule has 1 aliphatic heterocycles. The van der Waals surface area contributed by atoms with Gasteiger partial charge in [0.15, 0.2) is 5.11 Å². The number of thiocarbonyl (C=S) groups is 1. The van der Waals surface area contributed by atoms with Crippen LogP contribution in [0.5, 0.6) is 0 Å². The highest BCUT2D eigenvalue weighted by Crippen LogP contribution is 2.22. The molecule has 0 saturated carbocycles. The summed E-state index contributed by atoms with van der Waals surface area (Å²) in [6.45, 7) is 8.06. The number of hydrogen-bond donors (Lipinski definition) is 1. The Labute approximate surface area is 102 Å². The molecule has 0 N–H and O–H groups in total. The maximum absolute atomic E-state index is 11.7. The van der Waals surface area contributed by atoms with E-state index < -0.39 is 0 Å². The highest BCUT2D eigenvalue weighted by molar-refractivity contribution is 7.80. The van der Waals surface area contributed by atoms with Crippen LogP contribution >= 0.6 is 24.8 Å². The highest BCUT2D eigenvalue weighted by atomic mass is 32.1. The molecule has 3 nitrogen and oxygen atoms in total. The Balaban J connectivity index is 2.71. The minimum atomic E-state index is 0.00653. The van der Waals surface area contributed by atoms with Crippen molar-refractivity contribution in [1.29, 1.82) is 0 Å². The number of thiol groups is 1. The van der Waals surface area contributed by atoms with Crippen molar-refractivity contribution in [2.24, 2.45) is 5.41 Å². The van der Waals surface area contributed by atoms with Crippen LogP contribution in [0.1, 0.15) is 20.8 Å². The minimum Gasteiger partial charge on any atom is -0.340 e. The van der Waals surface area contributed by atoms with E-state index in [9.17, 15) is 4.79 Å². The van der Waals surface area contributed by atoms with Crippen LogP contribution in [0.25, 0.3) is 0 Å². The van der Waals surface area contributed by atoms with Gasteiger partial charge in [-0.2, -0.15) is 12.6 Å². The molecule has 0 radical (unpaired) electrons. The Morgan fingerprint density at radius 2 is 2.13 bits per heavy atom. The summed E-state index contributed by atoms with van der Waals surface area (Å²) in [6, 6.07) is 0. The van der Waals surface area contributed by atoms with E-state index in [1.165, 1.54) is 0 Å². The molecule has 0 bridgehead atoms. The standard InChI is InChI=1S/C10H18N2OS2/c1-4-11-5-8(13)12(9(11)15)6-10(2,3)7-14/h14H,4-7H2,1-3H3. The van der Waals surface area contributed by atoms with Crippen LogP contribution in [-0.2, 0) is 4.79 Å². The van der Waals surface area contributed by atoms with Crippen LogP contribution in [0.15, 0.2) is 0 Å². The molecule has 0 aromatic heterocycles. The smallest absolute Gasteiger partial charge is 0.248 e. The fourth-order valence-electron chi connectivity index (χ4n) is 1.47. The lowest BCUT2D eigenvalue weighted by Crippen LogP contribution is -2.40. The zero-order valence-corrected chi connectivity index (χ0v) is 11.2. The molecular weight excluding hydrogens is 228 g/mol. The quantitative estimate of drug-likeness (QED) is 0.599. The molecule has 1 aliphatic rings. The third-order valence-corrected chi connectivity index (χ3v) is 3.86. The Morgan fingerprint density at radius 1 is 1.53 bits per heavy atom. The minimum absolute atomic E-state index is 0.00653. The second-order valence-electron chi connectivity index (χ2n) is 4.60. The zero-order valence-electron chi connectivity index (χ0n) is 9.49. The van der Waals surface area contributed by atoms with Gasteiger partial charge in [-0.3, -0.25) is 9.69 Å². The van der Waals surface area contributed by atoms with Crippen LogP contribution < -0.4 is 0 Å². The van der Waals surface area contributed by atoms with E-state index in [1.54, 1.807) is 4.90 Å². The lowest BCUT2D eigenvalue weighted by Gasteiger charge is -2.28. The largest absolute Gasteiger partial charge is 0.340 e. The lowest BCUT2D eigenvalue weighted by molar-refractivity contribution is -0.125. The first-order chi connectivity index (χ1) is 6.91. The first-order valence-electron chi connectivity index (χ1n) is 5.11. The molecule has 1 fully saturated rings. The van der Waals surface area contributed by atoms with Crippen LogP contribution in [0, 0.1) is 5.41 Å². The summed E-state index contributed by atoms with van der Waals surface area (Å²) in [5.74, 6) is 0.850. The van der Waals surface area contributed by atoms with E-state index in [1.807, 2.05) is 11.8 Å². The van der Waals surface area contributed by atoms with Gasteiger partial charge in [0.25, 0.3) is 0 Å². The van der Waals surface area contributed by atoms with Crippen molar-refractivity contribution in [3.63, 3.8) is 0 Å². The number of rotatable bonds is 4. The van der Waals surface area contributed by atoms with Gasteiger partial charge in [-0.25, -0.2) is 0 Å². The molecule has 5 heteroatoms. The van der Waals surface area contributed by atoms with Crippen molar-refractivity contribution in [3.8, 4) is 0 Å². The molecule has 1 rings (SSSR count). The second kappa shape index (κ2) is 4.70. The van der Waals surface area contributed by atoms with E-state index >= 15 is 0 Å². The van der Waals surface area contributed by atoms with Gasteiger partial charge in [-0.1, -0.05) is 13.8 Å². The van der Waals surface area contributed by atoms with Crippen LogP contribution in [-0.4, -0.2) is 46.2 Å². The third kappa shape index (κ3) is 2.84. The van der Waals surface area contributed by atoms with E-state index in [2.05, 4.69) is 26.5 Å². The first-order valence-corrected chi connectivity index (χ1v) is 6.15. The number of carbonyl (C=O) groups excluding carboxylic acids is 1. The maximum atomic E-state index is 11.7. The SMILES string of the molecule is CCN1CC(=O)N(CC(C)(C)CS)C1=S. The van der Waals surface area contributed by atoms with E-state index in [4.69, 9.17) is 12.2 Å². The number of amides is 1. The van der Waals surface area contributed by atoms with Gasteiger partial charge in [0.1, 0.15) is 0 Å². The molecule has 1 heterocycles. The summed E-state index contributed by atoms with van der Waals surface area (Å²) in [5.41, 5.74) is 0.00653. The van der Waals surface area contributed by atoms with Crippen molar-refractivity contribution >= 4 is 35.9 Å². The molecule has 1 amide bonds. The number of likely N-dealkylation sites (N-methyl/N-ethyl adjacent to an activating group) is 1. The molecule has 1 saturated heterocycles. The van der Waals surface area contributed by atoms with Crippen molar-refractivity contribution in [2.45, 2.75) is 20.8 Å². The molecule has 15 heavy (non-hydrogen) atoms.